The molecular formula is C20H20BrN3O4. The lowest BCUT2D eigenvalue weighted by molar-refractivity contribution is 0.0901. The van der Waals surface area contributed by atoms with Crippen LogP contribution in [0, 0.1) is 6.92 Å². The maximum atomic E-state index is 13.1. The Bertz CT molecular complexity index is 991. The van der Waals surface area contributed by atoms with Gasteiger partial charge in [-0.15, -0.1) is 0 Å². The van der Waals surface area contributed by atoms with E-state index in [1.54, 1.807) is 14.0 Å². The van der Waals surface area contributed by atoms with Crippen LogP contribution in [0.1, 0.15) is 39.1 Å². The first kappa shape index (κ1) is 20.0. The fraction of sp³-hybridized carbons (Fsp3) is 0.250. The molecule has 0 aliphatic rings. The Balaban J connectivity index is 1.86. The fourth-order valence-corrected chi connectivity index (χ4v) is 3.10. The van der Waals surface area contributed by atoms with Crippen LogP contribution in [0.3, 0.4) is 0 Å². The van der Waals surface area contributed by atoms with Crippen LogP contribution in [-0.2, 0) is 4.74 Å². The van der Waals surface area contributed by atoms with Crippen molar-refractivity contribution in [3.05, 3.63) is 63.6 Å². The van der Waals surface area contributed by atoms with E-state index in [-0.39, 0.29) is 17.7 Å². The Morgan fingerprint density at radius 2 is 2.04 bits per heavy atom. The zero-order chi connectivity index (χ0) is 20.3. The van der Waals surface area contributed by atoms with Crippen LogP contribution in [0.5, 0.6) is 0 Å². The first-order valence-corrected chi connectivity index (χ1v) is 9.45. The lowest BCUT2D eigenvalue weighted by Crippen LogP contribution is -2.35. The van der Waals surface area contributed by atoms with Crippen LogP contribution < -0.4 is 5.32 Å². The van der Waals surface area contributed by atoms with Gasteiger partial charge in [0.15, 0.2) is 5.78 Å². The van der Waals surface area contributed by atoms with Gasteiger partial charge in [-0.1, -0.05) is 33.2 Å². The van der Waals surface area contributed by atoms with Crippen molar-refractivity contribution in [2.45, 2.75) is 19.9 Å². The van der Waals surface area contributed by atoms with Crippen LogP contribution in [0.2, 0.25) is 0 Å². The number of amides is 1. The van der Waals surface area contributed by atoms with Gasteiger partial charge in [0.25, 0.3) is 5.91 Å². The molecule has 1 amide bonds. The summed E-state index contributed by atoms with van der Waals surface area (Å²) in [6.45, 7) is 3.92. The van der Waals surface area contributed by atoms with E-state index in [0.29, 0.717) is 34.9 Å². The van der Waals surface area contributed by atoms with Gasteiger partial charge in [-0.05, 0) is 32.0 Å². The molecule has 0 aliphatic carbocycles. The minimum atomic E-state index is -0.307. The molecule has 8 heteroatoms. The first-order valence-electron chi connectivity index (χ1n) is 8.65. The van der Waals surface area contributed by atoms with Gasteiger partial charge in [0.05, 0.1) is 12.2 Å². The van der Waals surface area contributed by atoms with E-state index in [2.05, 4.69) is 31.4 Å². The number of aryl methyl sites for hydroxylation is 1. The van der Waals surface area contributed by atoms with Crippen molar-refractivity contribution < 1.29 is 18.8 Å². The molecule has 0 aliphatic heterocycles. The predicted molar refractivity (Wildman–Crippen MR) is 107 cm³/mol. The van der Waals surface area contributed by atoms with Crippen molar-refractivity contribution in [1.82, 2.24) is 15.5 Å². The molecule has 28 heavy (non-hydrogen) atoms. The number of rotatable bonds is 7. The van der Waals surface area contributed by atoms with Gasteiger partial charge < -0.3 is 19.6 Å². The summed E-state index contributed by atoms with van der Waals surface area (Å²) in [5.74, 6) is -0.153. The number of ketones is 1. The van der Waals surface area contributed by atoms with Crippen molar-refractivity contribution in [3.63, 3.8) is 0 Å². The normalized spacial score (nSPS) is 12.0. The second-order valence-corrected chi connectivity index (χ2v) is 7.35. The standard InChI is InChI=1S/C20H20BrN3O4/c1-11(10-27-3)23-20(26)16-8-14(9-22-16)19(25)17-12(2)28-24-18(17)13-4-6-15(21)7-5-13/h4-9,11,22H,10H2,1-3H3,(H,23,26)/t11-/m1/s1. The Hall–Kier alpha value is -2.71. The molecule has 2 N–H and O–H groups in total. The summed E-state index contributed by atoms with van der Waals surface area (Å²) in [4.78, 5) is 28.2. The predicted octanol–water partition coefficient (Wildman–Crippen LogP) is 3.74. The summed E-state index contributed by atoms with van der Waals surface area (Å²) in [6, 6.07) is 8.82. The number of benzene rings is 1. The monoisotopic (exact) mass is 445 g/mol. The Morgan fingerprint density at radius 1 is 1.32 bits per heavy atom. The molecular weight excluding hydrogens is 426 g/mol. The zero-order valence-electron chi connectivity index (χ0n) is 15.7. The molecule has 0 bridgehead atoms. The number of ether oxygens (including phenoxy) is 1. The molecule has 0 unspecified atom stereocenters. The molecule has 0 fully saturated rings. The average molecular weight is 446 g/mol. The van der Waals surface area contributed by atoms with E-state index >= 15 is 0 Å². The molecule has 7 nitrogen and oxygen atoms in total. The summed E-state index contributed by atoms with van der Waals surface area (Å²) in [5.41, 5.74) is 2.27. The largest absolute Gasteiger partial charge is 0.383 e. The van der Waals surface area contributed by atoms with Crippen LogP contribution >= 0.6 is 15.9 Å². The van der Waals surface area contributed by atoms with E-state index in [4.69, 9.17) is 9.26 Å². The highest BCUT2D eigenvalue weighted by atomic mass is 79.9. The Labute approximate surface area is 170 Å². The van der Waals surface area contributed by atoms with Crippen LogP contribution in [0.25, 0.3) is 11.3 Å². The third-order valence-electron chi connectivity index (χ3n) is 4.19. The molecule has 0 saturated heterocycles. The number of aromatic amines is 1. The molecule has 0 saturated carbocycles. The van der Waals surface area contributed by atoms with E-state index in [0.717, 1.165) is 10.0 Å². The highest BCUT2D eigenvalue weighted by Gasteiger charge is 2.24. The molecule has 3 aromatic rings. The highest BCUT2D eigenvalue weighted by Crippen LogP contribution is 2.28. The molecule has 146 valence electrons. The Morgan fingerprint density at radius 3 is 2.71 bits per heavy atom. The number of hydrogen-bond acceptors (Lipinski definition) is 5. The molecule has 0 spiro atoms. The van der Waals surface area contributed by atoms with Crippen molar-refractivity contribution >= 4 is 27.6 Å². The maximum absolute atomic E-state index is 13.1. The fourth-order valence-electron chi connectivity index (χ4n) is 2.84. The third-order valence-corrected chi connectivity index (χ3v) is 4.72. The second-order valence-electron chi connectivity index (χ2n) is 6.43. The number of nitrogens with zero attached hydrogens (tertiary/aromatic N) is 1. The molecule has 2 heterocycles. The third kappa shape index (κ3) is 4.23. The summed E-state index contributed by atoms with van der Waals surface area (Å²) in [5, 5.41) is 6.85. The Kier molecular flexibility index (Phi) is 6.11. The number of carbonyl (C=O) groups excluding carboxylic acids is 2. The summed E-state index contributed by atoms with van der Waals surface area (Å²) < 4.78 is 11.2. The van der Waals surface area contributed by atoms with Crippen LogP contribution in [-0.4, -0.2) is 41.6 Å². The molecule has 1 aromatic carbocycles. The van der Waals surface area contributed by atoms with E-state index in [1.807, 2.05) is 31.2 Å². The van der Waals surface area contributed by atoms with Gasteiger partial charge >= 0.3 is 0 Å². The minimum absolute atomic E-state index is 0.149. The topological polar surface area (TPSA) is 97.2 Å². The van der Waals surface area contributed by atoms with Crippen molar-refractivity contribution in [2.75, 3.05) is 13.7 Å². The number of H-pyrrole nitrogens is 1. The average Bonchev–Trinajstić information content (AvgIpc) is 3.29. The smallest absolute Gasteiger partial charge is 0.268 e. The lowest BCUT2D eigenvalue weighted by atomic mass is 9.99. The summed E-state index contributed by atoms with van der Waals surface area (Å²) in [7, 11) is 1.57. The quantitative estimate of drug-likeness (QED) is 0.539. The number of nitrogens with one attached hydrogen (secondary N) is 2. The number of halogens is 1. The number of aromatic nitrogens is 2. The number of methoxy groups -OCH3 is 1. The number of carbonyl (C=O) groups is 2. The van der Waals surface area contributed by atoms with Gasteiger partial charge in [0, 0.05) is 34.9 Å². The summed E-state index contributed by atoms with van der Waals surface area (Å²) >= 11 is 3.39. The molecule has 0 radical (unpaired) electrons. The van der Waals surface area contributed by atoms with Gasteiger partial charge in [-0.2, -0.15) is 0 Å². The van der Waals surface area contributed by atoms with Crippen molar-refractivity contribution in [3.8, 4) is 11.3 Å². The minimum Gasteiger partial charge on any atom is -0.383 e. The first-order chi connectivity index (χ1) is 13.4. The molecule has 1 atom stereocenters. The maximum Gasteiger partial charge on any atom is 0.268 e. The van der Waals surface area contributed by atoms with Gasteiger partial charge in [-0.25, -0.2) is 0 Å². The zero-order valence-corrected chi connectivity index (χ0v) is 17.3. The molecule has 3 rings (SSSR count). The van der Waals surface area contributed by atoms with Gasteiger partial charge in [0.2, 0.25) is 0 Å². The van der Waals surface area contributed by atoms with Crippen molar-refractivity contribution in [2.24, 2.45) is 0 Å². The number of hydrogen-bond donors (Lipinski definition) is 2. The van der Waals surface area contributed by atoms with E-state index < -0.39 is 0 Å². The van der Waals surface area contributed by atoms with E-state index in [1.165, 1.54) is 12.3 Å². The van der Waals surface area contributed by atoms with Gasteiger partial charge in [0.1, 0.15) is 17.1 Å². The molecule has 2 aromatic heterocycles. The highest BCUT2D eigenvalue weighted by molar-refractivity contribution is 9.10. The van der Waals surface area contributed by atoms with Crippen LogP contribution in [0.4, 0.5) is 0 Å². The SMILES string of the molecule is COC[C@@H](C)NC(=O)c1cc(C(=O)c2c(-c3ccc(Br)cc3)noc2C)c[nH]1. The second kappa shape index (κ2) is 8.53. The van der Waals surface area contributed by atoms with Crippen molar-refractivity contribution in [1.29, 1.82) is 0 Å². The van der Waals surface area contributed by atoms with Gasteiger partial charge in [-0.3, -0.25) is 9.59 Å². The lowest BCUT2D eigenvalue weighted by Gasteiger charge is -2.11. The van der Waals surface area contributed by atoms with Crippen LogP contribution in [0.15, 0.2) is 45.5 Å². The van der Waals surface area contributed by atoms with E-state index in [9.17, 15) is 9.59 Å². The summed E-state index contributed by atoms with van der Waals surface area (Å²) in [6.07, 6.45) is 1.51.